The first kappa shape index (κ1) is 12.5. The van der Waals surface area contributed by atoms with E-state index >= 15 is 0 Å². The van der Waals surface area contributed by atoms with Crippen LogP contribution in [0.2, 0.25) is 0 Å². The summed E-state index contributed by atoms with van der Waals surface area (Å²) in [5.41, 5.74) is 2.75. The van der Waals surface area contributed by atoms with E-state index in [0.717, 1.165) is 5.56 Å². The first-order valence-corrected chi connectivity index (χ1v) is 6.48. The van der Waals surface area contributed by atoms with Gasteiger partial charge < -0.3 is 15.2 Å². The van der Waals surface area contributed by atoms with Crippen molar-refractivity contribution >= 4 is 11.6 Å². The van der Waals surface area contributed by atoms with Gasteiger partial charge in [0.25, 0.3) is 5.91 Å². The number of hydrogen-bond donors (Lipinski definition) is 2. The van der Waals surface area contributed by atoms with E-state index in [1.54, 1.807) is 12.1 Å². The summed E-state index contributed by atoms with van der Waals surface area (Å²) < 4.78 is 5.71. The third-order valence-corrected chi connectivity index (χ3v) is 3.32. The second-order valence-electron chi connectivity index (χ2n) is 4.97. The Morgan fingerprint density at radius 1 is 1.20 bits per heavy atom. The van der Waals surface area contributed by atoms with Gasteiger partial charge >= 0.3 is 0 Å². The van der Waals surface area contributed by atoms with E-state index in [0.29, 0.717) is 17.9 Å². The summed E-state index contributed by atoms with van der Waals surface area (Å²) in [6, 6.07) is 12.7. The van der Waals surface area contributed by atoms with Crippen LogP contribution in [0.3, 0.4) is 0 Å². The van der Waals surface area contributed by atoms with E-state index in [1.165, 1.54) is 11.6 Å². The fourth-order valence-corrected chi connectivity index (χ4v) is 2.21. The second-order valence-corrected chi connectivity index (χ2v) is 4.97. The van der Waals surface area contributed by atoms with Gasteiger partial charge in [0.1, 0.15) is 11.5 Å². The molecule has 0 saturated heterocycles. The number of phenols is 1. The van der Waals surface area contributed by atoms with Crippen LogP contribution in [0.15, 0.2) is 42.5 Å². The predicted molar refractivity (Wildman–Crippen MR) is 76.0 cm³/mol. The normalized spacial score (nSPS) is 17.1. The fraction of sp³-hybridized carbons (Fsp3) is 0.188. The molecule has 1 unspecified atom stereocenters. The van der Waals surface area contributed by atoms with Gasteiger partial charge in [0.15, 0.2) is 6.10 Å². The topological polar surface area (TPSA) is 58.6 Å². The van der Waals surface area contributed by atoms with Crippen molar-refractivity contribution in [1.29, 1.82) is 0 Å². The lowest BCUT2D eigenvalue weighted by atomic mass is 10.0. The number of carbonyl (C=O) groups excluding carboxylic acids is 1. The molecule has 1 atom stereocenters. The number of fused-ring (bicyclic) bond motifs is 1. The Bertz CT molecular complexity index is 649. The lowest BCUT2D eigenvalue weighted by molar-refractivity contribution is -0.123. The molecule has 3 rings (SSSR count). The van der Waals surface area contributed by atoms with Crippen molar-refractivity contribution in [2.24, 2.45) is 0 Å². The highest BCUT2D eigenvalue weighted by Gasteiger charge is 2.27. The van der Waals surface area contributed by atoms with Gasteiger partial charge in [0.2, 0.25) is 0 Å². The molecule has 0 aromatic heterocycles. The first-order valence-electron chi connectivity index (χ1n) is 6.48. The molecule has 1 heterocycles. The summed E-state index contributed by atoms with van der Waals surface area (Å²) in [6.45, 7) is 2.02. The minimum absolute atomic E-state index is 0.102. The molecule has 2 aromatic rings. The number of nitrogens with one attached hydrogen (secondary N) is 1. The second kappa shape index (κ2) is 4.89. The van der Waals surface area contributed by atoms with Crippen LogP contribution in [0.1, 0.15) is 11.1 Å². The standard InChI is InChI=1S/C16H15NO3/c1-10-2-4-11(5-3-10)8-15-16(19)17-13-9-12(18)6-7-14(13)20-15/h2-7,9,15,18H,8H2,1H3,(H,17,19). The Hall–Kier alpha value is -2.49. The minimum Gasteiger partial charge on any atom is -0.508 e. The molecular weight excluding hydrogens is 254 g/mol. The Morgan fingerprint density at radius 2 is 1.95 bits per heavy atom. The molecule has 0 bridgehead atoms. The number of rotatable bonds is 2. The van der Waals surface area contributed by atoms with Crippen LogP contribution in [-0.2, 0) is 11.2 Å². The molecule has 0 aliphatic carbocycles. The van der Waals surface area contributed by atoms with E-state index in [1.807, 2.05) is 31.2 Å². The minimum atomic E-state index is -0.547. The summed E-state index contributed by atoms with van der Waals surface area (Å²) >= 11 is 0. The van der Waals surface area contributed by atoms with Crippen LogP contribution in [-0.4, -0.2) is 17.1 Å². The molecule has 2 aromatic carbocycles. The Kier molecular flexibility index (Phi) is 3.06. The van der Waals surface area contributed by atoms with Crippen molar-refractivity contribution in [2.75, 3.05) is 5.32 Å². The molecule has 1 aliphatic heterocycles. The molecular formula is C16H15NO3. The van der Waals surface area contributed by atoms with Crippen LogP contribution < -0.4 is 10.1 Å². The summed E-state index contributed by atoms with van der Waals surface area (Å²) in [5, 5.41) is 12.2. The number of amides is 1. The van der Waals surface area contributed by atoms with E-state index in [4.69, 9.17) is 4.74 Å². The zero-order valence-corrected chi connectivity index (χ0v) is 11.1. The van der Waals surface area contributed by atoms with Gasteiger partial charge in [-0.2, -0.15) is 0 Å². The van der Waals surface area contributed by atoms with E-state index in [2.05, 4.69) is 5.32 Å². The Balaban J connectivity index is 1.80. The largest absolute Gasteiger partial charge is 0.508 e. The summed E-state index contributed by atoms with van der Waals surface area (Å²) in [4.78, 5) is 12.0. The van der Waals surface area contributed by atoms with Gasteiger partial charge in [-0.1, -0.05) is 29.8 Å². The van der Waals surface area contributed by atoms with Gasteiger partial charge in [-0.25, -0.2) is 0 Å². The van der Waals surface area contributed by atoms with E-state index < -0.39 is 6.10 Å². The first-order chi connectivity index (χ1) is 9.61. The van der Waals surface area contributed by atoms with Crippen molar-refractivity contribution in [1.82, 2.24) is 0 Å². The molecule has 1 aliphatic rings. The van der Waals surface area contributed by atoms with Crippen molar-refractivity contribution in [2.45, 2.75) is 19.4 Å². The molecule has 0 saturated carbocycles. The van der Waals surface area contributed by atoms with Crippen molar-refractivity contribution < 1.29 is 14.6 Å². The third kappa shape index (κ3) is 2.45. The highest BCUT2D eigenvalue weighted by Crippen LogP contribution is 2.33. The van der Waals surface area contributed by atoms with Crippen LogP contribution >= 0.6 is 0 Å². The maximum Gasteiger partial charge on any atom is 0.265 e. The molecule has 1 amide bonds. The zero-order chi connectivity index (χ0) is 14.1. The molecule has 0 spiro atoms. The highest BCUT2D eigenvalue weighted by molar-refractivity contribution is 5.98. The number of benzene rings is 2. The number of anilines is 1. The predicted octanol–water partition coefficient (Wildman–Crippen LogP) is 2.64. The smallest absolute Gasteiger partial charge is 0.265 e. The lowest BCUT2D eigenvalue weighted by Gasteiger charge is -2.26. The maximum absolute atomic E-state index is 12.0. The summed E-state index contributed by atoms with van der Waals surface area (Å²) in [7, 11) is 0. The SMILES string of the molecule is Cc1ccc(CC2Oc3ccc(O)cc3NC2=O)cc1. The van der Waals surface area contributed by atoms with Crippen LogP contribution in [0.5, 0.6) is 11.5 Å². The number of phenolic OH excluding ortho intramolecular Hbond substituents is 1. The molecule has 4 heteroatoms. The zero-order valence-electron chi connectivity index (χ0n) is 11.1. The van der Waals surface area contributed by atoms with Gasteiger partial charge in [-0.05, 0) is 24.6 Å². The maximum atomic E-state index is 12.0. The molecule has 2 N–H and O–H groups in total. The van der Waals surface area contributed by atoms with Gasteiger partial charge in [0, 0.05) is 12.5 Å². The number of carbonyl (C=O) groups is 1. The third-order valence-electron chi connectivity index (χ3n) is 3.32. The van der Waals surface area contributed by atoms with E-state index in [9.17, 15) is 9.90 Å². The van der Waals surface area contributed by atoms with Gasteiger partial charge in [-0.15, -0.1) is 0 Å². The van der Waals surface area contributed by atoms with Gasteiger partial charge in [-0.3, -0.25) is 4.79 Å². The van der Waals surface area contributed by atoms with Crippen LogP contribution in [0.4, 0.5) is 5.69 Å². The number of aryl methyl sites for hydroxylation is 1. The molecule has 0 radical (unpaired) electrons. The van der Waals surface area contributed by atoms with Gasteiger partial charge in [0.05, 0.1) is 5.69 Å². The fourth-order valence-electron chi connectivity index (χ4n) is 2.21. The van der Waals surface area contributed by atoms with Crippen LogP contribution in [0.25, 0.3) is 0 Å². The number of hydrogen-bond acceptors (Lipinski definition) is 3. The summed E-state index contributed by atoms with van der Waals surface area (Å²) in [5.74, 6) is 0.493. The lowest BCUT2D eigenvalue weighted by Crippen LogP contribution is -2.38. The molecule has 102 valence electrons. The average molecular weight is 269 g/mol. The summed E-state index contributed by atoms with van der Waals surface area (Å²) in [6.07, 6.45) is -0.0263. The van der Waals surface area contributed by atoms with Crippen molar-refractivity contribution in [3.05, 3.63) is 53.6 Å². The van der Waals surface area contributed by atoms with Crippen molar-refractivity contribution in [3.8, 4) is 11.5 Å². The number of ether oxygens (including phenoxy) is 1. The van der Waals surface area contributed by atoms with Crippen molar-refractivity contribution in [3.63, 3.8) is 0 Å². The molecule has 20 heavy (non-hydrogen) atoms. The average Bonchev–Trinajstić information content (AvgIpc) is 2.42. The Morgan fingerprint density at radius 3 is 2.70 bits per heavy atom. The quantitative estimate of drug-likeness (QED) is 0.881. The number of aromatic hydroxyl groups is 1. The Labute approximate surface area is 117 Å². The highest BCUT2D eigenvalue weighted by atomic mass is 16.5. The molecule has 4 nitrogen and oxygen atoms in total. The van der Waals surface area contributed by atoms with E-state index in [-0.39, 0.29) is 11.7 Å². The monoisotopic (exact) mass is 269 g/mol. The molecule has 0 fully saturated rings. The van der Waals surface area contributed by atoms with Crippen LogP contribution in [0, 0.1) is 6.92 Å².